The van der Waals surface area contributed by atoms with E-state index < -0.39 is 0 Å². The minimum atomic E-state index is -0.320. The topological polar surface area (TPSA) is 76.7 Å². The summed E-state index contributed by atoms with van der Waals surface area (Å²) >= 11 is 0. The van der Waals surface area contributed by atoms with Gasteiger partial charge >= 0.3 is 5.69 Å². The van der Waals surface area contributed by atoms with Crippen molar-refractivity contribution in [1.29, 1.82) is 0 Å². The van der Waals surface area contributed by atoms with Gasteiger partial charge in [-0.05, 0) is 55.3 Å². The molecule has 136 valence electrons. The van der Waals surface area contributed by atoms with Crippen molar-refractivity contribution in [3.63, 3.8) is 0 Å². The van der Waals surface area contributed by atoms with Crippen LogP contribution in [-0.4, -0.2) is 19.7 Å². The van der Waals surface area contributed by atoms with Crippen molar-refractivity contribution in [1.82, 2.24) is 19.7 Å². The van der Waals surface area contributed by atoms with Crippen LogP contribution in [0.25, 0.3) is 33.9 Å². The molecule has 2 aromatic carbocycles. The van der Waals surface area contributed by atoms with Crippen molar-refractivity contribution in [3.05, 3.63) is 58.8 Å². The molecule has 2 heterocycles. The SMILES string of the molecule is O=c1[nH]c2cc(-c3noc(-c4ccc(F)cc4)n3)ccc2n1C1CCCC1. The van der Waals surface area contributed by atoms with Crippen LogP contribution in [0.5, 0.6) is 0 Å². The molecule has 7 heteroatoms. The van der Waals surface area contributed by atoms with Crippen LogP contribution >= 0.6 is 0 Å². The molecule has 0 unspecified atom stereocenters. The van der Waals surface area contributed by atoms with E-state index in [0.717, 1.165) is 42.3 Å². The van der Waals surface area contributed by atoms with E-state index >= 15 is 0 Å². The summed E-state index contributed by atoms with van der Waals surface area (Å²) in [5, 5.41) is 4.02. The molecule has 6 nitrogen and oxygen atoms in total. The summed E-state index contributed by atoms with van der Waals surface area (Å²) in [5.74, 6) is 0.424. The van der Waals surface area contributed by atoms with Gasteiger partial charge in [0.1, 0.15) is 5.82 Å². The van der Waals surface area contributed by atoms with E-state index in [0.29, 0.717) is 17.3 Å². The molecule has 1 aliphatic carbocycles. The maximum atomic E-state index is 13.1. The molecule has 0 saturated heterocycles. The molecule has 1 aliphatic rings. The van der Waals surface area contributed by atoms with Gasteiger partial charge in [-0.2, -0.15) is 4.98 Å². The molecule has 5 rings (SSSR count). The van der Waals surface area contributed by atoms with Crippen molar-refractivity contribution < 1.29 is 8.91 Å². The Labute approximate surface area is 153 Å². The number of hydrogen-bond donors (Lipinski definition) is 1. The fraction of sp³-hybridized carbons (Fsp3) is 0.250. The number of halogens is 1. The second-order valence-electron chi connectivity index (χ2n) is 6.90. The molecule has 0 atom stereocenters. The molecule has 27 heavy (non-hydrogen) atoms. The van der Waals surface area contributed by atoms with Gasteiger partial charge in [0.05, 0.1) is 11.0 Å². The quantitative estimate of drug-likeness (QED) is 0.588. The highest BCUT2D eigenvalue weighted by Crippen LogP contribution is 2.31. The Morgan fingerprint density at radius 2 is 1.81 bits per heavy atom. The second kappa shape index (κ2) is 6.19. The number of hydrogen-bond acceptors (Lipinski definition) is 4. The van der Waals surface area contributed by atoms with E-state index in [1.165, 1.54) is 12.1 Å². The minimum Gasteiger partial charge on any atom is -0.334 e. The minimum absolute atomic E-state index is 0.0748. The van der Waals surface area contributed by atoms with Gasteiger partial charge in [-0.25, -0.2) is 9.18 Å². The fourth-order valence-electron chi connectivity index (χ4n) is 3.85. The van der Waals surface area contributed by atoms with E-state index in [1.807, 2.05) is 22.8 Å². The van der Waals surface area contributed by atoms with Gasteiger partial charge in [0.15, 0.2) is 0 Å². The summed E-state index contributed by atoms with van der Waals surface area (Å²) in [7, 11) is 0. The number of aromatic amines is 1. The predicted octanol–water partition coefficient (Wildman–Crippen LogP) is 4.30. The predicted molar refractivity (Wildman–Crippen MR) is 98.7 cm³/mol. The summed E-state index contributed by atoms with van der Waals surface area (Å²) < 4.78 is 20.2. The monoisotopic (exact) mass is 364 g/mol. The van der Waals surface area contributed by atoms with Crippen LogP contribution in [0.3, 0.4) is 0 Å². The Balaban J connectivity index is 1.52. The van der Waals surface area contributed by atoms with Gasteiger partial charge in [-0.3, -0.25) is 4.57 Å². The van der Waals surface area contributed by atoms with Gasteiger partial charge in [0.25, 0.3) is 5.89 Å². The van der Waals surface area contributed by atoms with Crippen LogP contribution in [0.4, 0.5) is 4.39 Å². The Morgan fingerprint density at radius 1 is 1.07 bits per heavy atom. The largest absolute Gasteiger partial charge is 0.334 e. The standard InChI is InChI=1S/C20H17FN4O2/c21-14-8-5-12(6-9-14)19-23-18(24-27-19)13-7-10-17-16(11-13)22-20(26)25(17)15-3-1-2-4-15/h5-11,15H,1-4H2,(H,22,26). The molecular formula is C20H17FN4O2. The maximum absolute atomic E-state index is 13.1. The number of benzene rings is 2. The van der Waals surface area contributed by atoms with Crippen molar-refractivity contribution in [2.45, 2.75) is 31.7 Å². The first-order valence-corrected chi connectivity index (χ1v) is 9.03. The van der Waals surface area contributed by atoms with E-state index in [4.69, 9.17) is 4.52 Å². The lowest BCUT2D eigenvalue weighted by atomic mass is 10.1. The molecule has 0 bridgehead atoms. The van der Waals surface area contributed by atoms with Gasteiger partial charge in [0.2, 0.25) is 5.82 Å². The lowest BCUT2D eigenvalue weighted by molar-refractivity contribution is 0.432. The fourth-order valence-corrected chi connectivity index (χ4v) is 3.85. The average Bonchev–Trinajstić information content (AvgIpc) is 3.40. The van der Waals surface area contributed by atoms with Crippen LogP contribution in [0.1, 0.15) is 31.7 Å². The van der Waals surface area contributed by atoms with Crippen LogP contribution in [0, 0.1) is 5.82 Å². The molecule has 0 spiro atoms. The average molecular weight is 364 g/mol. The van der Waals surface area contributed by atoms with Crippen molar-refractivity contribution >= 4 is 11.0 Å². The lowest BCUT2D eigenvalue weighted by Crippen LogP contribution is -2.20. The molecule has 1 saturated carbocycles. The summed E-state index contributed by atoms with van der Waals surface area (Å²) in [6.07, 6.45) is 4.41. The van der Waals surface area contributed by atoms with Crippen molar-refractivity contribution in [2.24, 2.45) is 0 Å². The first-order valence-electron chi connectivity index (χ1n) is 9.03. The number of H-pyrrole nitrogens is 1. The summed E-state index contributed by atoms with van der Waals surface area (Å²) in [6.45, 7) is 0. The third-order valence-corrected chi connectivity index (χ3v) is 5.18. The number of fused-ring (bicyclic) bond motifs is 1. The summed E-state index contributed by atoms with van der Waals surface area (Å²) in [6, 6.07) is 11.8. The number of nitrogens with one attached hydrogen (secondary N) is 1. The van der Waals surface area contributed by atoms with Crippen molar-refractivity contribution in [3.8, 4) is 22.8 Å². The van der Waals surface area contributed by atoms with Crippen LogP contribution in [0.15, 0.2) is 51.8 Å². The molecule has 4 aromatic rings. The van der Waals surface area contributed by atoms with E-state index in [1.54, 1.807) is 12.1 Å². The lowest BCUT2D eigenvalue weighted by Gasteiger charge is -2.11. The number of aromatic nitrogens is 4. The van der Waals surface area contributed by atoms with Crippen LogP contribution in [-0.2, 0) is 0 Å². The number of rotatable bonds is 3. The molecule has 0 aliphatic heterocycles. The Kier molecular flexibility index (Phi) is 3.67. The molecule has 0 radical (unpaired) electrons. The summed E-state index contributed by atoms with van der Waals surface area (Å²) in [4.78, 5) is 19.8. The zero-order chi connectivity index (χ0) is 18.4. The first kappa shape index (κ1) is 16.0. The highest BCUT2D eigenvalue weighted by molar-refractivity contribution is 5.81. The Morgan fingerprint density at radius 3 is 2.59 bits per heavy atom. The smallest absolute Gasteiger partial charge is 0.326 e. The molecule has 1 N–H and O–H groups in total. The van der Waals surface area contributed by atoms with Crippen LogP contribution < -0.4 is 5.69 Å². The molecule has 2 aromatic heterocycles. The maximum Gasteiger partial charge on any atom is 0.326 e. The van der Waals surface area contributed by atoms with Gasteiger partial charge in [-0.15, -0.1) is 0 Å². The third kappa shape index (κ3) is 2.75. The van der Waals surface area contributed by atoms with Gasteiger partial charge in [0, 0.05) is 17.2 Å². The molecule has 1 fully saturated rings. The van der Waals surface area contributed by atoms with Crippen molar-refractivity contribution in [2.75, 3.05) is 0 Å². The number of nitrogens with zero attached hydrogens (tertiary/aromatic N) is 3. The zero-order valence-electron chi connectivity index (χ0n) is 14.5. The van der Waals surface area contributed by atoms with E-state index in [-0.39, 0.29) is 17.5 Å². The Bertz CT molecular complexity index is 1170. The number of imidazole rings is 1. The highest BCUT2D eigenvalue weighted by Gasteiger charge is 2.21. The first-order chi connectivity index (χ1) is 13.2. The summed E-state index contributed by atoms with van der Waals surface area (Å²) in [5.41, 5.74) is 2.99. The molecular weight excluding hydrogens is 347 g/mol. The molecule has 0 amide bonds. The van der Waals surface area contributed by atoms with Crippen LogP contribution in [0.2, 0.25) is 0 Å². The van der Waals surface area contributed by atoms with Gasteiger partial charge in [-0.1, -0.05) is 18.0 Å². The zero-order valence-corrected chi connectivity index (χ0v) is 14.5. The van der Waals surface area contributed by atoms with E-state index in [2.05, 4.69) is 15.1 Å². The normalized spacial score (nSPS) is 15.0. The Hall–Kier alpha value is -3.22. The van der Waals surface area contributed by atoms with Gasteiger partial charge < -0.3 is 9.51 Å². The second-order valence-corrected chi connectivity index (χ2v) is 6.90. The third-order valence-electron chi connectivity index (χ3n) is 5.18. The highest BCUT2D eigenvalue weighted by atomic mass is 19.1. The van der Waals surface area contributed by atoms with E-state index in [9.17, 15) is 9.18 Å².